The molecular weight excluding hydrogens is 331 g/mol. The highest BCUT2D eigenvalue weighted by Gasteiger charge is 2.22. The van der Waals surface area contributed by atoms with E-state index in [1.165, 1.54) is 6.07 Å². The van der Waals surface area contributed by atoms with Crippen LogP contribution in [0.2, 0.25) is 0 Å². The van der Waals surface area contributed by atoms with Gasteiger partial charge in [-0.15, -0.1) is 12.4 Å². The maximum Gasteiger partial charge on any atom is 0.231 e. The number of para-hydroxylation sites is 1. The Balaban J connectivity index is 0.00000288. The van der Waals surface area contributed by atoms with E-state index in [0.29, 0.717) is 6.54 Å². The fourth-order valence-corrected chi connectivity index (χ4v) is 2.30. The summed E-state index contributed by atoms with van der Waals surface area (Å²) in [6.45, 7) is 0.813. The predicted octanol–water partition coefficient (Wildman–Crippen LogP) is 2.83. The Morgan fingerprint density at radius 1 is 1.17 bits per heavy atom. The minimum Gasteiger partial charge on any atom is -0.489 e. The lowest BCUT2D eigenvalue weighted by Crippen LogP contribution is -2.37. The zero-order chi connectivity index (χ0) is 16.7. The average Bonchev–Trinajstić information content (AvgIpc) is 2.58. The van der Waals surface area contributed by atoms with Gasteiger partial charge in [-0.25, -0.2) is 4.39 Å². The molecule has 0 bridgehead atoms. The van der Waals surface area contributed by atoms with Gasteiger partial charge >= 0.3 is 0 Å². The molecule has 0 aromatic heterocycles. The van der Waals surface area contributed by atoms with Gasteiger partial charge in [0.25, 0.3) is 0 Å². The predicted molar refractivity (Wildman–Crippen MR) is 95.0 cm³/mol. The van der Waals surface area contributed by atoms with Crippen molar-refractivity contribution in [1.29, 1.82) is 0 Å². The SMILES string of the molecule is CN(CCOc1ccccc1F)C(=O)C(CN)c1ccccc1.Cl. The molecule has 24 heavy (non-hydrogen) atoms. The number of nitrogens with zero attached hydrogens (tertiary/aromatic N) is 1. The van der Waals surface area contributed by atoms with Crippen molar-refractivity contribution in [3.05, 3.63) is 66.0 Å². The smallest absolute Gasteiger partial charge is 0.231 e. The van der Waals surface area contributed by atoms with Crippen LogP contribution in [-0.4, -0.2) is 37.6 Å². The number of rotatable bonds is 7. The molecule has 130 valence electrons. The number of hydrogen-bond acceptors (Lipinski definition) is 3. The van der Waals surface area contributed by atoms with Crippen LogP contribution in [0, 0.1) is 5.82 Å². The van der Waals surface area contributed by atoms with Crippen molar-refractivity contribution < 1.29 is 13.9 Å². The van der Waals surface area contributed by atoms with Gasteiger partial charge in [-0.2, -0.15) is 0 Å². The van der Waals surface area contributed by atoms with E-state index in [9.17, 15) is 9.18 Å². The minimum atomic E-state index is -0.411. The van der Waals surface area contributed by atoms with E-state index in [2.05, 4.69) is 0 Å². The maximum atomic E-state index is 13.5. The van der Waals surface area contributed by atoms with E-state index in [-0.39, 0.29) is 43.1 Å². The lowest BCUT2D eigenvalue weighted by Gasteiger charge is -2.23. The molecule has 0 radical (unpaired) electrons. The van der Waals surface area contributed by atoms with Gasteiger partial charge in [-0.05, 0) is 17.7 Å². The Morgan fingerprint density at radius 3 is 2.42 bits per heavy atom. The second-order valence-electron chi connectivity index (χ2n) is 5.24. The molecule has 2 aromatic carbocycles. The highest BCUT2D eigenvalue weighted by atomic mass is 35.5. The lowest BCUT2D eigenvalue weighted by molar-refractivity contribution is -0.131. The molecular formula is C18H22ClFN2O2. The van der Waals surface area contributed by atoms with Crippen molar-refractivity contribution in [2.75, 3.05) is 26.7 Å². The highest BCUT2D eigenvalue weighted by Crippen LogP contribution is 2.17. The van der Waals surface area contributed by atoms with Crippen LogP contribution in [0.15, 0.2) is 54.6 Å². The first kappa shape index (κ1) is 19.9. The molecule has 0 saturated heterocycles. The first-order valence-electron chi connectivity index (χ1n) is 7.50. The number of carbonyl (C=O) groups excluding carboxylic acids is 1. The number of carbonyl (C=O) groups is 1. The van der Waals surface area contributed by atoms with E-state index in [1.807, 2.05) is 30.3 Å². The molecule has 1 amide bonds. The summed E-state index contributed by atoms with van der Waals surface area (Å²) in [5.74, 6) is -0.678. The van der Waals surface area contributed by atoms with Crippen LogP contribution in [0.4, 0.5) is 4.39 Å². The Kier molecular flexibility index (Phi) is 8.22. The number of amides is 1. The summed E-state index contributed by atoms with van der Waals surface area (Å²) in [6, 6.07) is 15.6. The van der Waals surface area contributed by atoms with E-state index in [4.69, 9.17) is 10.5 Å². The van der Waals surface area contributed by atoms with Gasteiger partial charge in [-0.1, -0.05) is 42.5 Å². The summed E-state index contributed by atoms with van der Waals surface area (Å²) in [4.78, 5) is 14.1. The summed E-state index contributed by atoms with van der Waals surface area (Å²) < 4.78 is 18.8. The zero-order valence-corrected chi connectivity index (χ0v) is 14.3. The van der Waals surface area contributed by atoms with E-state index >= 15 is 0 Å². The number of benzene rings is 2. The molecule has 2 N–H and O–H groups in total. The van der Waals surface area contributed by atoms with Gasteiger partial charge in [0.2, 0.25) is 5.91 Å². The van der Waals surface area contributed by atoms with Gasteiger partial charge < -0.3 is 15.4 Å². The van der Waals surface area contributed by atoms with Crippen LogP contribution in [0.25, 0.3) is 0 Å². The van der Waals surface area contributed by atoms with Gasteiger partial charge in [0, 0.05) is 13.6 Å². The Hall–Kier alpha value is -2.11. The molecule has 0 aliphatic heterocycles. The molecule has 0 saturated carbocycles. The largest absolute Gasteiger partial charge is 0.489 e. The first-order valence-corrected chi connectivity index (χ1v) is 7.50. The van der Waals surface area contributed by atoms with E-state index in [1.54, 1.807) is 30.1 Å². The van der Waals surface area contributed by atoms with Crippen LogP contribution < -0.4 is 10.5 Å². The van der Waals surface area contributed by atoms with Crippen molar-refractivity contribution in [3.8, 4) is 5.75 Å². The van der Waals surface area contributed by atoms with Crippen LogP contribution in [0.5, 0.6) is 5.75 Å². The Bertz CT molecular complexity index is 640. The number of nitrogens with two attached hydrogens (primary N) is 1. The summed E-state index contributed by atoms with van der Waals surface area (Å²) in [7, 11) is 1.69. The van der Waals surface area contributed by atoms with Crippen molar-refractivity contribution >= 4 is 18.3 Å². The zero-order valence-electron chi connectivity index (χ0n) is 13.5. The molecule has 6 heteroatoms. The standard InChI is InChI=1S/C18H21FN2O2.ClH/c1-21(11-12-23-17-10-6-5-9-16(17)19)18(22)15(13-20)14-7-3-2-4-8-14;/h2-10,15H,11-13,20H2,1H3;1H. The molecule has 1 unspecified atom stereocenters. The van der Waals surface area contributed by atoms with Crippen LogP contribution in [-0.2, 0) is 4.79 Å². The monoisotopic (exact) mass is 352 g/mol. The Labute approximate surface area is 147 Å². The van der Waals surface area contributed by atoms with Crippen molar-refractivity contribution in [1.82, 2.24) is 4.90 Å². The third kappa shape index (κ3) is 5.22. The van der Waals surface area contributed by atoms with Gasteiger partial charge in [-0.3, -0.25) is 4.79 Å². The summed E-state index contributed by atoms with van der Waals surface area (Å²) >= 11 is 0. The minimum absolute atomic E-state index is 0. The molecule has 2 aromatic rings. The third-order valence-corrected chi connectivity index (χ3v) is 3.63. The molecule has 0 aliphatic rings. The third-order valence-electron chi connectivity index (χ3n) is 3.63. The molecule has 2 rings (SSSR count). The van der Waals surface area contributed by atoms with Crippen molar-refractivity contribution in [2.24, 2.45) is 5.73 Å². The van der Waals surface area contributed by atoms with E-state index in [0.717, 1.165) is 5.56 Å². The van der Waals surface area contributed by atoms with Crippen LogP contribution in [0.3, 0.4) is 0 Å². The fourth-order valence-electron chi connectivity index (χ4n) is 2.30. The van der Waals surface area contributed by atoms with E-state index < -0.39 is 5.82 Å². The quantitative estimate of drug-likeness (QED) is 0.833. The van der Waals surface area contributed by atoms with Crippen molar-refractivity contribution in [3.63, 3.8) is 0 Å². The van der Waals surface area contributed by atoms with Crippen LogP contribution >= 0.6 is 12.4 Å². The van der Waals surface area contributed by atoms with Gasteiger partial charge in [0.1, 0.15) is 6.61 Å². The summed E-state index contributed by atoms with van der Waals surface area (Å²) in [5.41, 5.74) is 6.65. The second kappa shape index (κ2) is 9.90. The number of likely N-dealkylation sites (N-methyl/N-ethyl adjacent to an activating group) is 1. The maximum absolute atomic E-state index is 13.5. The molecule has 0 spiro atoms. The Morgan fingerprint density at radius 2 is 1.79 bits per heavy atom. The average molecular weight is 353 g/mol. The topological polar surface area (TPSA) is 55.6 Å². The number of ether oxygens (including phenoxy) is 1. The lowest BCUT2D eigenvalue weighted by atomic mass is 9.98. The molecule has 4 nitrogen and oxygen atoms in total. The summed E-state index contributed by atoms with van der Waals surface area (Å²) in [5, 5.41) is 0. The van der Waals surface area contributed by atoms with Gasteiger partial charge in [0.05, 0.1) is 12.5 Å². The molecule has 0 fully saturated rings. The fraction of sp³-hybridized carbons (Fsp3) is 0.278. The van der Waals surface area contributed by atoms with Gasteiger partial charge in [0.15, 0.2) is 11.6 Å². The van der Waals surface area contributed by atoms with Crippen LogP contribution in [0.1, 0.15) is 11.5 Å². The number of halogens is 2. The molecule has 1 atom stereocenters. The molecule has 0 aliphatic carbocycles. The highest BCUT2D eigenvalue weighted by molar-refractivity contribution is 5.85. The first-order chi connectivity index (χ1) is 11.1. The summed E-state index contributed by atoms with van der Waals surface area (Å²) in [6.07, 6.45) is 0. The second-order valence-corrected chi connectivity index (χ2v) is 5.24. The number of hydrogen-bond donors (Lipinski definition) is 1. The molecule has 0 heterocycles. The van der Waals surface area contributed by atoms with Crippen molar-refractivity contribution in [2.45, 2.75) is 5.92 Å². The normalized spacial score (nSPS) is 11.3.